The van der Waals surface area contributed by atoms with Crippen LogP contribution in [0, 0.1) is 0 Å². The molecule has 14 N–H and O–H groups in total. The van der Waals surface area contributed by atoms with Crippen molar-refractivity contribution in [2.24, 2.45) is 0 Å². The number of hydrogen-bond acceptors (Lipinski definition) is 16. The average Bonchev–Trinajstić information content (AvgIpc) is 3.67. The van der Waals surface area contributed by atoms with E-state index >= 15 is 0 Å². The minimum absolute atomic E-state index is 0.0952. The molecule has 0 aliphatic rings. The van der Waals surface area contributed by atoms with Gasteiger partial charge in [-0.05, 0) is 198 Å². The molecule has 5 aromatic heterocycles. The van der Waals surface area contributed by atoms with E-state index in [1.54, 1.807) is 116 Å². The predicted molar refractivity (Wildman–Crippen MR) is 334 cm³/mol. The molecule has 16 nitrogen and oxygen atoms in total. The normalized spacial score (nSPS) is 10.5. The molecule has 0 amide bonds. The quantitative estimate of drug-likeness (QED) is 0.0717. The number of ether oxygens (including phenoxy) is 2. The summed E-state index contributed by atoms with van der Waals surface area (Å²) < 4.78 is 52.0. The minimum atomic E-state index is -4.37. The lowest BCUT2D eigenvalue weighted by molar-refractivity contribution is -0.137. The lowest BCUT2D eigenvalue weighted by Crippen LogP contribution is -2.04. The Kier molecular flexibility index (Phi) is 22.3. The van der Waals surface area contributed by atoms with Gasteiger partial charge in [0.25, 0.3) is 0 Å². The third-order valence-electron chi connectivity index (χ3n) is 11.2. The maximum absolute atomic E-state index is 12.6. The molecule has 5 aromatic carbocycles. The van der Waals surface area contributed by atoms with Crippen molar-refractivity contribution in [1.82, 2.24) is 24.9 Å². The molecule has 0 unspecified atom stereocenters. The molecule has 422 valence electrons. The van der Waals surface area contributed by atoms with Crippen molar-refractivity contribution in [1.29, 1.82) is 0 Å². The molecule has 0 aliphatic carbocycles. The standard InChI is InChI=1S/C12H8BrF3N2.2C12H11BrN2O2.2C11H9BrN2O/c13-9-5-10(11(17)18-6-9)7-2-1-3-8(4-7)12(14,15)16;2*1-17-11-4-7(2-3-10(11)16)9-5-8(13)6-15-12(9)14;12-8-5-10(11(13)14-6-8)7-1-3-9(15)4-2-7;12-8-5-10(11(13)14-6-8)7-2-1-3-9(15)4-7/h1-6H,(H2,17,18);2*2-6,16H,1H3,(H2,14,15);2*1-6,15H,(H2,13,14). The van der Waals surface area contributed by atoms with E-state index in [4.69, 9.17) is 38.1 Å². The van der Waals surface area contributed by atoms with Gasteiger partial charge in [0, 0.05) is 81.2 Å². The maximum Gasteiger partial charge on any atom is 0.416 e. The SMILES string of the molecule is COc1cc(-c2cc(Br)cnc2N)ccc1O.COc1cc(-c2cc(Br)cnc2N)ccc1O.Nc1ncc(Br)cc1-c1ccc(O)cc1.Nc1ncc(Br)cc1-c1cccc(C(F)(F)F)c1.Nc1ncc(Br)cc1-c1cccc(O)c1. The van der Waals surface area contributed by atoms with Crippen LogP contribution in [0.5, 0.6) is 34.5 Å². The number of halogens is 8. The molecular weight excluding hydrogens is 1390 g/mol. The highest BCUT2D eigenvalue weighted by atomic mass is 79.9. The number of hydrogen-bond donors (Lipinski definition) is 9. The number of anilines is 5. The second-order valence-corrected chi connectivity index (χ2v) is 21.5. The molecule has 0 fully saturated rings. The van der Waals surface area contributed by atoms with Gasteiger partial charge in [0.2, 0.25) is 0 Å². The van der Waals surface area contributed by atoms with E-state index < -0.39 is 11.7 Å². The third-order valence-corrected chi connectivity index (χ3v) is 13.4. The van der Waals surface area contributed by atoms with Crippen LogP contribution >= 0.6 is 79.6 Å². The molecule has 0 saturated heterocycles. The number of methoxy groups -OCH3 is 2. The van der Waals surface area contributed by atoms with E-state index in [2.05, 4.69) is 105 Å². The first-order valence-corrected chi connectivity index (χ1v) is 27.5. The number of nitrogen functional groups attached to an aromatic ring is 5. The van der Waals surface area contributed by atoms with Gasteiger partial charge >= 0.3 is 6.18 Å². The molecule has 0 bridgehead atoms. The van der Waals surface area contributed by atoms with Crippen molar-refractivity contribution >= 4 is 109 Å². The number of phenolic OH excluding ortho intramolecular Hbond substituents is 4. The first-order valence-electron chi connectivity index (χ1n) is 23.5. The van der Waals surface area contributed by atoms with E-state index in [-0.39, 0.29) is 28.8 Å². The van der Waals surface area contributed by atoms with Gasteiger partial charge in [-0.3, -0.25) is 0 Å². The Labute approximate surface area is 510 Å². The van der Waals surface area contributed by atoms with Crippen molar-refractivity contribution < 1.29 is 43.1 Å². The summed E-state index contributed by atoms with van der Waals surface area (Å²) >= 11 is 16.6. The Morgan fingerprint density at radius 2 is 0.671 bits per heavy atom. The van der Waals surface area contributed by atoms with Crippen LogP contribution < -0.4 is 38.1 Å². The topological polar surface area (TPSA) is 294 Å². The zero-order chi connectivity index (χ0) is 59.8. The highest BCUT2D eigenvalue weighted by molar-refractivity contribution is 9.11. The van der Waals surface area contributed by atoms with Gasteiger partial charge < -0.3 is 58.6 Å². The molecule has 82 heavy (non-hydrogen) atoms. The van der Waals surface area contributed by atoms with Gasteiger partial charge in [0.15, 0.2) is 23.0 Å². The fraction of sp³-hybridized carbons (Fsp3) is 0.0517. The zero-order valence-electron chi connectivity index (χ0n) is 42.9. The average molecular weight is 1440 g/mol. The number of alkyl halides is 3. The summed E-state index contributed by atoms with van der Waals surface area (Å²) in [5.74, 6) is 3.43. The lowest BCUT2D eigenvalue weighted by atomic mass is 10.0. The Hall–Kier alpha value is -8.16. The smallest absolute Gasteiger partial charge is 0.416 e. The first-order chi connectivity index (χ1) is 38.9. The number of aromatic nitrogens is 5. The van der Waals surface area contributed by atoms with Crippen LogP contribution in [0.25, 0.3) is 55.6 Å². The molecule has 10 rings (SSSR count). The number of nitrogens with zero attached hydrogens (tertiary/aromatic N) is 5. The molecule has 0 spiro atoms. The van der Waals surface area contributed by atoms with Crippen LogP contribution in [0.4, 0.5) is 42.3 Å². The summed E-state index contributed by atoms with van der Waals surface area (Å²) in [5, 5.41) is 37.6. The van der Waals surface area contributed by atoms with Crippen molar-refractivity contribution in [3.8, 4) is 90.1 Å². The molecular formula is C58H48Br5F3N10O6. The molecule has 0 radical (unpaired) electrons. The van der Waals surface area contributed by atoms with Crippen LogP contribution in [0.3, 0.4) is 0 Å². The van der Waals surface area contributed by atoms with Crippen molar-refractivity contribution in [3.05, 3.63) is 198 Å². The largest absolute Gasteiger partial charge is 0.508 e. The monoisotopic (exact) mass is 1430 g/mol. The van der Waals surface area contributed by atoms with E-state index in [1.165, 1.54) is 26.5 Å². The highest BCUT2D eigenvalue weighted by Gasteiger charge is 2.30. The van der Waals surface area contributed by atoms with Crippen LogP contribution in [-0.4, -0.2) is 59.6 Å². The number of benzene rings is 5. The molecule has 0 saturated carbocycles. The fourth-order valence-corrected chi connectivity index (χ4v) is 8.93. The molecule has 5 heterocycles. The van der Waals surface area contributed by atoms with Crippen molar-refractivity contribution in [2.45, 2.75) is 6.18 Å². The second kappa shape index (κ2) is 29.0. The number of pyridine rings is 5. The number of rotatable bonds is 7. The molecule has 0 aliphatic heterocycles. The number of aromatic hydroxyl groups is 4. The Bertz CT molecular complexity index is 3730. The Morgan fingerprint density at radius 1 is 0.366 bits per heavy atom. The van der Waals surface area contributed by atoms with Crippen LogP contribution in [0.2, 0.25) is 0 Å². The predicted octanol–water partition coefficient (Wildman–Crippen LogP) is 15.3. The Morgan fingerprint density at radius 3 is 1.00 bits per heavy atom. The Balaban J connectivity index is 0.000000165. The summed E-state index contributed by atoms with van der Waals surface area (Å²) in [6.07, 6.45) is 3.69. The van der Waals surface area contributed by atoms with Gasteiger partial charge in [-0.2, -0.15) is 13.2 Å². The molecule has 24 heteroatoms. The van der Waals surface area contributed by atoms with E-state index in [0.717, 1.165) is 74.5 Å². The third kappa shape index (κ3) is 17.7. The summed E-state index contributed by atoms with van der Waals surface area (Å²) in [5.41, 5.74) is 35.7. The van der Waals surface area contributed by atoms with E-state index in [1.807, 2.05) is 30.3 Å². The van der Waals surface area contributed by atoms with Crippen LogP contribution in [-0.2, 0) is 6.18 Å². The number of nitrogens with two attached hydrogens (primary N) is 5. The van der Waals surface area contributed by atoms with Gasteiger partial charge in [-0.1, -0.05) is 48.5 Å². The lowest BCUT2D eigenvalue weighted by Gasteiger charge is -2.10. The molecule has 0 atom stereocenters. The summed E-state index contributed by atoms with van der Waals surface area (Å²) in [6, 6.07) is 38.0. The zero-order valence-corrected chi connectivity index (χ0v) is 50.8. The summed E-state index contributed by atoms with van der Waals surface area (Å²) in [6.45, 7) is 0. The van der Waals surface area contributed by atoms with Gasteiger partial charge in [-0.25, -0.2) is 24.9 Å². The molecule has 10 aromatic rings. The van der Waals surface area contributed by atoms with E-state index in [0.29, 0.717) is 50.4 Å². The van der Waals surface area contributed by atoms with Crippen molar-refractivity contribution in [2.75, 3.05) is 42.9 Å². The van der Waals surface area contributed by atoms with Crippen LogP contribution in [0.1, 0.15) is 5.56 Å². The summed E-state index contributed by atoms with van der Waals surface area (Å²) in [7, 11) is 3.00. The van der Waals surface area contributed by atoms with Crippen molar-refractivity contribution in [3.63, 3.8) is 0 Å². The van der Waals surface area contributed by atoms with Gasteiger partial charge in [0.1, 0.15) is 40.6 Å². The van der Waals surface area contributed by atoms with Gasteiger partial charge in [0.05, 0.1) is 19.8 Å². The number of phenols is 4. The second-order valence-electron chi connectivity index (χ2n) is 16.9. The first kappa shape index (κ1) is 63.0. The fourth-order valence-electron chi connectivity index (χ4n) is 7.27. The van der Waals surface area contributed by atoms with E-state index in [9.17, 15) is 33.6 Å². The van der Waals surface area contributed by atoms with Gasteiger partial charge in [-0.15, -0.1) is 0 Å². The summed E-state index contributed by atoms with van der Waals surface area (Å²) in [4.78, 5) is 20.1. The van der Waals surface area contributed by atoms with Crippen LogP contribution in [0.15, 0.2) is 193 Å². The highest BCUT2D eigenvalue weighted by Crippen LogP contribution is 2.38. The minimum Gasteiger partial charge on any atom is -0.508 e. The maximum atomic E-state index is 12.6.